The molecule has 0 aromatic carbocycles. The molecule has 0 saturated heterocycles. The maximum Gasteiger partial charge on any atom is 0.0623 e. The van der Waals surface area contributed by atoms with E-state index in [2.05, 4.69) is 12.0 Å². The van der Waals surface area contributed by atoms with Crippen LogP contribution in [0.5, 0.6) is 0 Å². The van der Waals surface area contributed by atoms with Crippen LogP contribution in [-0.4, -0.2) is 21.0 Å². The molecule has 0 unspecified atom stereocenters. The molecule has 0 amide bonds. The molecule has 13 heavy (non-hydrogen) atoms. The number of aryl methyl sites for hydroxylation is 1. The summed E-state index contributed by atoms with van der Waals surface area (Å²) in [5.74, 6) is 0.322. The van der Waals surface area contributed by atoms with Gasteiger partial charge < -0.3 is 5.11 Å². The summed E-state index contributed by atoms with van der Waals surface area (Å²) in [5, 5.41) is 14.0. The van der Waals surface area contributed by atoms with E-state index in [4.69, 9.17) is 0 Å². The highest BCUT2D eigenvalue weighted by molar-refractivity contribution is 5.11. The van der Waals surface area contributed by atoms with Gasteiger partial charge in [0.2, 0.25) is 0 Å². The van der Waals surface area contributed by atoms with Gasteiger partial charge in [0.05, 0.1) is 6.10 Å². The number of rotatable bonds is 2. The largest absolute Gasteiger partial charge is 0.392 e. The van der Waals surface area contributed by atoms with E-state index in [1.165, 1.54) is 5.69 Å². The number of nitrogens with zero attached hydrogens (tertiary/aromatic N) is 2. The summed E-state index contributed by atoms with van der Waals surface area (Å²) in [7, 11) is 0. The van der Waals surface area contributed by atoms with Crippen molar-refractivity contribution in [1.29, 1.82) is 0 Å². The fraction of sp³-hybridized carbons (Fsp3) is 0.700. The summed E-state index contributed by atoms with van der Waals surface area (Å²) in [6.07, 6.45) is 4.86. The lowest BCUT2D eigenvalue weighted by molar-refractivity contribution is 0.160. The second-order valence-corrected chi connectivity index (χ2v) is 3.68. The van der Waals surface area contributed by atoms with E-state index >= 15 is 0 Å². The normalized spacial score (nSPS) is 28.2. The van der Waals surface area contributed by atoms with Crippen molar-refractivity contribution in [1.82, 2.24) is 9.78 Å². The first-order chi connectivity index (χ1) is 6.33. The molecule has 1 fully saturated rings. The van der Waals surface area contributed by atoms with Gasteiger partial charge in [0, 0.05) is 24.4 Å². The third kappa shape index (κ3) is 1.48. The molecule has 3 nitrogen and oxygen atoms in total. The number of aliphatic hydroxyl groups excluding tert-OH is 1. The van der Waals surface area contributed by atoms with E-state index in [1.807, 2.05) is 16.9 Å². The van der Waals surface area contributed by atoms with Crippen LogP contribution in [0.4, 0.5) is 0 Å². The van der Waals surface area contributed by atoms with Gasteiger partial charge in [-0.3, -0.25) is 4.68 Å². The van der Waals surface area contributed by atoms with Gasteiger partial charge in [0.25, 0.3) is 0 Å². The van der Waals surface area contributed by atoms with Gasteiger partial charge in [-0.05, 0) is 25.8 Å². The highest BCUT2D eigenvalue weighted by Crippen LogP contribution is 2.34. The Bertz CT molecular complexity index is 282. The molecule has 1 heterocycles. The number of aliphatic hydroxyl groups is 1. The predicted molar refractivity (Wildman–Crippen MR) is 50.5 cm³/mol. The van der Waals surface area contributed by atoms with Crippen molar-refractivity contribution in [2.45, 2.75) is 44.8 Å². The van der Waals surface area contributed by atoms with E-state index < -0.39 is 0 Å². The molecular weight excluding hydrogens is 164 g/mol. The molecule has 2 rings (SSSR count). The van der Waals surface area contributed by atoms with Crippen LogP contribution in [-0.2, 0) is 6.54 Å². The summed E-state index contributed by atoms with van der Waals surface area (Å²) in [6, 6.07) is 2.03. The van der Waals surface area contributed by atoms with Crippen LogP contribution in [0.15, 0.2) is 12.3 Å². The van der Waals surface area contributed by atoms with Crippen molar-refractivity contribution in [2.24, 2.45) is 0 Å². The van der Waals surface area contributed by atoms with E-state index in [0.29, 0.717) is 5.92 Å². The Morgan fingerprint density at radius 1 is 1.62 bits per heavy atom. The summed E-state index contributed by atoms with van der Waals surface area (Å²) in [5.41, 5.74) is 1.20. The van der Waals surface area contributed by atoms with E-state index in [9.17, 15) is 5.11 Å². The lowest BCUT2D eigenvalue weighted by atomic mass is 10.0. The molecule has 1 aromatic rings. The zero-order valence-electron chi connectivity index (χ0n) is 7.98. The average molecular weight is 180 g/mol. The standard InChI is InChI=1S/C10H16N2O/c1-2-12-9(6-7-11-12)8-4-3-5-10(8)13/h6-8,10,13H,2-5H2,1H3/t8-,10+/m0/s1. The van der Waals surface area contributed by atoms with Crippen LogP contribution in [0.2, 0.25) is 0 Å². The fourth-order valence-electron chi connectivity index (χ4n) is 2.21. The van der Waals surface area contributed by atoms with Crippen LogP contribution in [0.3, 0.4) is 0 Å². The van der Waals surface area contributed by atoms with Gasteiger partial charge in [0.1, 0.15) is 0 Å². The maximum atomic E-state index is 9.74. The van der Waals surface area contributed by atoms with Gasteiger partial charge in [0.15, 0.2) is 0 Å². The summed E-state index contributed by atoms with van der Waals surface area (Å²) < 4.78 is 1.99. The predicted octanol–water partition coefficient (Wildman–Crippen LogP) is 1.53. The SMILES string of the molecule is CCn1nccc1[C@@H]1CCC[C@H]1O. The average Bonchev–Trinajstić information content (AvgIpc) is 2.71. The number of hydrogen-bond acceptors (Lipinski definition) is 2. The minimum atomic E-state index is -0.151. The Labute approximate surface area is 78.4 Å². The molecular formula is C10H16N2O. The monoisotopic (exact) mass is 180 g/mol. The van der Waals surface area contributed by atoms with E-state index in [0.717, 1.165) is 25.8 Å². The van der Waals surface area contributed by atoms with Crippen LogP contribution < -0.4 is 0 Å². The molecule has 1 aromatic heterocycles. The molecule has 0 spiro atoms. The smallest absolute Gasteiger partial charge is 0.0623 e. The molecule has 0 radical (unpaired) electrons. The second kappa shape index (κ2) is 3.50. The van der Waals surface area contributed by atoms with Crippen LogP contribution >= 0.6 is 0 Å². The third-order valence-corrected chi connectivity index (χ3v) is 2.91. The first-order valence-electron chi connectivity index (χ1n) is 5.02. The Kier molecular flexibility index (Phi) is 2.36. The topological polar surface area (TPSA) is 38.0 Å². The summed E-state index contributed by atoms with van der Waals surface area (Å²) in [6.45, 7) is 2.98. The van der Waals surface area contributed by atoms with Gasteiger partial charge in [-0.2, -0.15) is 5.10 Å². The van der Waals surface area contributed by atoms with Crippen LogP contribution in [0.1, 0.15) is 37.8 Å². The molecule has 1 N–H and O–H groups in total. The van der Waals surface area contributed by atoms with Crippen LogP contribution in [0.25, 0.3) is 0 Å². The number of aromatic nitrogens is 2. The second-order valence-electron chi connectivity index (χ2n) is 3.68. The van der Waals surface area contributed by atoms with Crippen molar-refractivity contribution in [3.05, 3.63) is 18.0 Å². The minimum Gasteiger partial charge on any atom is -0.392 e. The fourth-order valence-corrected chi connectivity index (χ4v) is 2.21. The number of hydrogen-bond donors (Lipinski definition) is 1. The zero-order valence-corrected chi connectivity index (χ0v) is 7.98. The zero-order chi connectivity index (χ0) is 9.26. The quantitative estimate of drug-likeness (QED) is 0.749. The Hall–Kier alpha value is -0.830. The van der Waals surface area contributed by atoms with Crippen LogP contribution in [0, 0.1) is 0 Å². The van der Waals surface area contributed by atoms with Gasteiger partial charge >= 0.3 is 0 Å². The first-order valence-corrected chi connectivity index (χ1v) is 5.02. The molecule has 1 aliphatic rings. The molecule has 1 saturated carbocycles. The van der Waals surface area contributed by atoms with Crippen molar-refractivity contribution in [2.75, 3.05) is 0 Å². The molecule has 0 aliphatic heterocycles. The first kappa shape index (κ1) is 8.75. The van der Waals surface area contributed by atoms with Crippen molar-refractivity contribution >= 4 is 0 Å². The Balaban J connectivity index is 2.23. The molecule has 0 bridgehead atoms. The molecule has 3 heteroatoms. The minimum absolute atomic E-state index is 0.151. The van der Waals surface area contributed by atoms with Gasteiger partial charge in [-0.25, -0.2) is 0 Å². The van der Waals surface area contributed by atoms with Crippen molar-refractivity contribution in [3.63, 3.8) is 0 Å². The highest BCUT2D eigenvalue weighted by Gasteiger charge is 2.28. The van der Waals surface area contributed by atoms with E-state index in [1.54, 1.807) is 0 Å². The van der Waals surface area contributed by atoms with Crippen molar-refractivity contribution < 1.29 is 5.11 Å². The highest BCUT2D eigenvalue weighted by atomic mass is 16.3. The Morgan fingerprint density at radius 2 is 2.46 bits per heavy atom. The van der Waals surface area contributed by atoms with Gasteiger partial charge in [-0.1, -0.05) is 6.42 Å². The van der Waals surface area contributed by atoms with Crippen molar-refractivity contribution in [3.8, 4) is 0 Å². The summed E-state index contributed by atoms with van der Waals surface area (Å²) >= 11 is 0. The summed E-state index contributed by atoms with van der Waals surface area (Å²) in [4.78, 5) is 0. The lowest BCUT2D eigenvalue weighted by Crippen LogP contribution is -2.15. The molecule has 2 atom stereocenters. The third-order valence-electron chi connectivity index (χ3n) is 2.91. The molecule has 72 valence electrons. The maximum absolute atomic E-state index is 9.74. The van der Waals surface area contributed by atoms with Gasteiger partial charge in [-0.15, -0.1) is 0 Å². The lowest BCUT2D eigenvalue weighted by Gasteiger charge is -2.15. The van der Waals surface area contributed by atoms with E-state index in [-0.39, 0.29) is 6.10 Å². The molecule has 1 aliphatic carbocycles. The Morgan fingerprint density at radius 3 is 3.08 bits per heavy atom.